The van der Waals surface area contributed by atoms with E-state index in [1.807, 2.05) is 30.5 Å². The summed E-state index contributed by atoms with van der Waals surface area (Å²) in [5, 5.41) is 10.7. The second kappa shape index (κ2) is 5.44. The van der Waals surface area contributed by atoms with Gasteiger partial charge in [-0.1, -0.05) is 0 Å². The van der Waals surface area contributed by atoms with E-state index in [2.05, 4.69) is 0 Å². The highest BCUT2D eigenvalue weighted by molar-refractivity contribution is 7.11. The van der Waals surface area contributed by atoms with Gasteiger partial charge < -0.3 is 0 Å². The first kappa shape index (κ1) is 12.3. The Bertz CT molecular complexity index is 629. The van der Waals surface area contributed by atoms with Gasteiger partial charge in [0.05, 0.1) is 11.6 Å². The maximum absolute atomic E-state index is 11.9. The van der Waals surface area contributed by atoms with Crippen LogP contribution in [0.25, 0.3) is 6.08 Å². The molecule has 0 N–H and O–H groups in total. The van der Waals surface area contributed by atoms with E-state index in [4.69, 9.17) is 5.26 Å². The lowest BCUT2D eigenvalue weighted by Gasteiger charge is -1.95. The molecule has 0 unspecified atom stereocenters. The predicted octanol–water partition coefficient (Wildman–Crippen LogP) is 3.82. The van der Waals surface area contributed by atoms with Gasteiger partial charge >= 0.3 is 0 Å². The molecule has 0 saturated carbocycles. The number of rotatable bonds is 3. The summed E-state index contributed by atoms with van der Waals surface area (Å²) in [5.41, 5.74) is 2.33. The van der Waals surface area contributed by atoms with Gasteiger partial charge in [-0.2, -0.15) is 5.26 Å². The molecule has 0 aliphatic heterocycles. The number of carbonyl (C=O) groups is 1. The summed E-state index contributed by atoms with van der Waals surface area (Å²) in [4.78, 5) is 13.0. The molecule has 1 aromatic heterocycles. The van der Waals surface area contributed by atoms with Gasteiger partial charge in [0.25, 0.3) is 0 Å². The van der Waals surface area contributed by atoms with Gasteiger partial charge in [-0.3, -0.25) is 4.79 Å². The average Bonchev–Trinajstić information content (AvgIpc) is 2.81. The molecule has 0 radical (unpaired) electrons. The molecule has 88 valence electrons. The Hall–Kier alpha value is -2.18. The maximum atomic E-state index is 11.9. The van der Waals surface area contributed by atoms with E-state index in [1.165, 1.54) is 5.56 Å². The molecular formula is C15H11NOS. The van der Waals surface area contributed by atoms with Crippen LogP contribution in [0.15, 0.2) is 41.8 Å². The molecule has 2 nitrogen and oxygen atoms in total. The van der Waals surface area contributed by atoms with Crippen LogP contribution in [0.1, 0.15) is 26.4 Å². The minimum atomic E-state index is -0.0488. The van der Waals surface area contributed by atoms with E-state index >= 15 is 0 Å². The summed E-state index contributed by atoms with van der Waals surface area (Å²) in [6, 6.07) is 10.7. The molecule has 2 rings (SSSR count). The number of hydrogen-bond donors (Lipinski definition) is 0. The van der Waals surface area contributed by atoms with E-state index in [0.717, 1.165) is 4.88 Å². The summed E-state index contributed by atoms with van der Waals surface area (Å²) in [6.45, 7) is 2.02. The van der Waals surface area contributed by atoms with Crippen molar-refractivity contribution in [1.82, 2.24) is 0 Å². The third-order valence-electron chi connectivity index (χ3n) is 2.59. The van der Waals surface area contributed by atoms with Crippen LogP contribution in [0.2, 0.25) is 0 Å². The van der Waals surface area contributed by atoms with Crippen molar-refractivity contribution in [1.29, 1.82) is 5.26 Å². The molecule has 0 aliphatic carbocycles. The summed E-state index contributed by atoms with van der Waals surface area (Å²) in [7, 11) is 0. The zero-order valence-corrected chi connectivity index (χ0v) is 10.7. The highest BCUT2D eigenvalue weighted by Gasteiger charge is 2.02. The molecule has 0 bridgehead atoms. The van der Waals surface area contributed by atoms with Crippen molar-refractivity contribution in [3.8, 4) is 6.07 Å². The smallest absolute Gasteiger partial charge is 0.185 e. The average molecular weight is 253 g/mol. The van der Waals surface area contributed by atoms with E-state index in [9.17, 15) is 4.79 Å². The molecule has 0 aliphatic rings. The van der Waals surface area contributed by atoms with Gasteiger partial charge in [-0.25, -0.2) is 0 Å². The Morgan fingerprint density at radius 2 is 2.00 bits per heavy atom. The normalized spacial score (nSPS) is 10.4. The first-order chi connectivity index (χ1) is 8.70. The number of nitriles is 1. The monoisotopic (exact) mass is 253 g/mol. The zero-order chi connectivity index (χ0) is 13.0. The molecule has 0 saturated heterocycles. The largest absolute Gasteiger partial charge is 0.289 e. The van der Waals surface area contributed by atoms with E-state index in [1.54, 1.807) is 41.7 Å². The molecule has 18 heavy (non-hydrogen) atoms. The van der Waals surface area contributed by atoms with Gasteiger partial charge in [0, 0.05) is 10.4 Å². The van der Waals surface area contributed by atoms with Crippen LogP contribution in [0, 0.1) is 18.3 Å². The fourth-order valence-corrected chi connectivity index (χ4v) is 2.33. The predicted molar refractivity (Wildman–Crippen MR) is 73.6 cm³/mol. The summed E-state index contributed by atoms with van der Waals surface area (Å²) < 4.78 is 0. The zero-order valence-electron chi connectivity index (χ0n) is 9.88. The number of carbonyl (C=O) groups excluding carboxylic acids is 1. The lowest BCUT2D eigenvalue weighted by atomic mass is 10.1. The van der Waals surface area contributed by atoms with Crippen LogP contribution in [0.4, 0.5) is 0 Å². The SMILES string of the molecule is Cc1ccsc1/C=C/C(=O)c1ccc(C#N)cc1. The molecular weight excluding hydrogens is 242 g/mol. The van der Waals surface area contributed by atoms with Gasteiger partial charge in [-0.05, 0) is 60.4 Å². The van der Waals surface area contributed by atoms with Crippen molar-refractivity contribution < 1.29 is 4.79 Å². The second-order valence-corrected chi connectivity index (χ2v) is 4.80. The summed E-state index contributed by atoms with van der Waals surface area (Å²) in [5.74, 6) is -0.0488. The molecule has 1 heterocycles. The van der Waals surface area contributed by atoms with Crippen molar-refractivity contribution in [2.45, 2.75) is 6.92 Å². The fraction of sp³-hybridized carbons (Fsp3) is 0.0667. The quantitative estimate of drug-likeness (QED) is 0.616. The molecule has 1 aromatic carbocycles. The Morgan fingerprint density at radius 1 is 1.28 bits per heavy atom. The first-order valence-corrected chi connectivity index (χ1v) is 6.35. The van der Waals surface area contributed by atoms with E-state index in [0.29, 0.717) is 11.1 Å². The minimum Gasteiger partial charge on any atom is -0.289 e. The van der Waals surface area contributed by atoms with Crippen molar-refractivity contribution >= 4 is 23.2 Å². The molecule has 0 amide bonds. The third-order valence-corrected chi connectivity index (χ3v) is 3.57. The van der Waals surface area contributed by atoms with Crippen LogP contribution in [0.3, 0.4) is 0 Å². The number of allylic oxidation sites excluding steroid dienone is 1. The number of benzene rings is 1. The second-order valence-electron chi connectivity index (χ2n) is 3.85. The Labute approximate surface area is 110 Å². The molecule has 0 fully saturated rings. The number of hydrogen-bond acceptors (Lipinski definition) is 3. The number of ketones is 1. The molecule has 0 atom stereocenters. The van der Waals surface area contributed by atoms with Crippen molar-refractivity contribution in [2.24, 2.45) is 0 Å². The highest BCUT2D eigenvalue weighted by atomic mass is 32.1. The third kappa shape index (κ3) is 2.73. The number of nitrogens with zero attached hydrogens (tertiary/aromatic N) is 1. The lowest BCUT2D eigenvalue weighted by Crippen LogP contribution is -1.93. The molecule has 0 spiro atoms. The maximum Gasteiger partial charge on any atom is 0.185 e. The fourth-order valence-electron chi connectivity index (χ4n) is 1.51. The lowest BCUT2D eigenvalue weighted by molar-refractivity contribution is 0.104. The van der Waals surface area contributed by atoms with Crippen molar-refractivity contribution in [3.05, 3.63) is 63.4 Å². The highest BCUT2D eigenvalue weighted by Crippen LogP contribution is 2.17. The Morgan fingerprint density at radius 3 is 2.56 bits per heavy atom. The summed E-state index contributed by atoms with van der Waals surface area (Å²) in [6.07, 6.45) is 3.40. The van der Waals surface area contributed by atoms with Crippen LogP contribution < -0.4 is 0 Å². The topological polar surface area (TPSA) is 40.9 Å². The van der Waals surface area contributed by atoms with Crippen LogP contribution >= 0.6 is 11.3 Å². The summed E-state index contributed by atoms with van der Waals surface area (Å²) >= 11 is 1.61. The minimum absolute atomic E-state index is 0.0488. The van der Waals surface area contributed by atoms with Crippen molar-refractivity contribution in [2.75, 3.05) is 0 Å². The van der Waals surface area contributed by atoms with Gasteiger partial charge in [0.15, 0.2) is 5.78 Å². The van der Waals surface area contributed by atoms with Crippen molar-refractivity contribution in [3.63, 3.8) is 0 Å². The number of aryl methyl sites for hydroxylation is 1. The standard InChI is InChI=1S/C15H11NOS/c1-11-8-9-18-15(11)7-6-14(17)13-4-2-12(10-16)3-5-13/h2-9H,1H3/b7-6+. The van der Waals surface area contributed by atoms with Crippen LogP contribution in [0.5, 0.6) is 0 Å². The molecule has 3 heteroatoms. The first-order valence-electron chi connectivity index (χ1n) is 5.47. The van der Waals surface area contributed by atoms with Crippen LogP contribution in [-0.4, -0.2) is 5.78 Å². The van der Waals surface area contributed by atoms with Crippen LogP contribution in [-0.2, 0) is 0 Å². The number of thiophene rings is 1. The van der Waals surface area contributed by atoms with E-state index < -0.39 is 0 Å². The van der Waals surface area contributed by atoms with Gasteiger partial charge in [-0.15, -0.1) is 11.3 Å². The van der Waals surface area contributed by atoms with Gasteiger partial charge in [0.2, 0.25) is 0 Å². The Balaban J connectivity index is 2.15. The van der Waals surface area contributed by atoms with E-state index in [-0.39, 0.29) is 5.78 Å². The van der Waals surface area contributed by atoms with Gasteiger partial charge in [0.1, 0.15) is 0 Å². The Kier molecular flexibility index (Phi) is 3.71. The molecule has 2 aromatic rings.